The highest BCUT2D eigenvalue weighted by Gasteiger charge is 2.28. The summed E-state index contributed by atoms with van der Waals surface area (Å²) >= 11 is 1.61. The highest BCUT2D eigenvalue weighted by Crippen LogP contribution is 2.35. The molecule has 0 radical (unpaired) electrons. The molecular formula is C20H18F3N3OS. The summed E-state index contributed by atoms with van der Waals surface area (Å²) in [5.74, 6) is -4.75. The lowest BCUT2D eigenvalue weighted by molar-refractivity contribution is -0.118. The van der Waals surface area contributed by atoms with Crippen LogP contribution < -0.4 is 5.32 Å². The van der Waals surface area contributed by atoms with E-state index in [1.807, 2.05) is 29.2 Å². The van der Waals surface area contributed by atoms with Crippen LogP contribution in [0.2, 0.25) is 0 Å². The minimum atomic E-state index is -1.59. The van der Waals surface area contributed by atoms with Gasteiger partial charge in [-0.1, -0.05) is 18.6 Å². The Kier molecular flexibility index (Phi) is 5.32. The number of benzene rings is 2. The molecule has 0 saturated carbocycles. The second kappa shape index (κ2) is 7.89. The van der Waals surface area contributed by atoms with Crippen molar-refractivity contribution in [1.29, 1.82) is 0 Å². The minimum Gasteiger partial charge on any atom is -0.322 e. The van der Waals surface area contributed by atoms with Crippen molar-refractivity contribution >= 4 is 33.1 Å². The topological polar surface area (TPSA) is 45.2 Å². The number of fused-ring (bicyclic) bond motifs is 1. The van der Waals surface area contributed by atoms with Gasteiger partial charge < -0.3 is 5.32 Å². The van der Waals surface area contributed by atoms with Crippen molar-refractivity contribution in [2.75, 3.05) is 18.4 Å². The molecule has 0 bridgehead atoms. The van der Waals surface area contributed by atoms with Crippen molar-refractivity contribution in [3.05, 3.63) is 58.9 Å². The van der Waals surface area contributed by atoms with Crippen LogP contribution in [0.4, 0.5) is 18.9 Å². The molecule has 1 atom stereocenters. The van der Waals surface area contributed by atoms with E-state index in [9.17, 15) is 18.0 Å². The number of para-hydroxylation sites is 1. The first-order valence-electron chi connectivity index (χ1n) is 9.06. The summed E-state index contributed by atoms with van der Waals surface area (Å²) in [5.41, 5.74) is 0.568. The van der Waals surface area contributed by atoms with E-state index in [0.717, 1.165) is 46.6 Å². The summed E-state index contributed by atoms with van der Waals surface area (Å²) in [6.07, 6.45) is 2.87. The Balaban J connectivity index is 1.50. The van der Waals surface area contributed by atoms with Crippen LogP contribution >= 0.6 is 11.3 Å². The van der Waals surface area contributed by atoms with Gasteiger partial charge in [0.05, 0.1) is 28.5 Å². The standard InChI is InChI=1S/C20H18F3N3OS/c21-12-8-9-14(19(23)18(12)22)24-17(27)11-26-10-4-3-6-15(26)20-25-13-5-1-2-7-16(13)28-20/h1-2,5,7-9,15H,3-4,6,10-11H2,(H,24,27)/t15-/m1/s1. The average molecular weight is 405 g/mol. The Labute approximate surface area is 164 Å². The molecule has 0 spiro atoms. The van der Waals surface area contributed by atoms with E-state index in [-0.39, 0.29) is 18.3 Å². The van der Waals surface area contributed by atoms with Gasteiger partial charge in [0.2, 0.25) is 5.91 Å². The van der Waals surface area contributed by atoms with Gasteiger partial charge >= 0.3 is 0 Å². The molecule has 0 aliphatic carbocycles. The van der Waals surface area contributed by atoms with E-state index in [0.29, 0.717) is 6.54 Å². The first-order valence-corrected chi connectivity index (χ1v) is 9.87. The fourth-order valence-corrected chi connectivity index (χ4v) is 4.63. The maximum Gasteiger partial charge on any atom is 0.238 e. The summed E-state index contributed by atoms with van der Waals surface area (Å²) in [6, 6.07) is 9.70. The summed E-state index contributed by atoms with van der Waals surface area (Å²) in [7, 11) is 0. The first-order chi connectivity index (χ1) is 13.5. The van der Waals surface area contributed by atoms with E-state index in [2.05, 4.69) is 5.32 Å². The van der Waals surface area contributed by atoms with Crippen LogP contribution in [-0.2, 0) is 4.79 Å². The number of carbonyl (C=O) groups is 1. The van der Waals surface area contributed by atoms with Crippen molar-refractivity contribution in [2.24, 2.45) is 0 Å². The third kappa shape index (κ3) is 3.74. The SMILES string of the molecule is O=C(CN1CCCC[C@@H]1c1nc2ccccc2s1)Nc1ccc(F)c(F)c1F. The van der Waals surface area contributed by atoms with Gasteiger partial charge in [-0.05, 0) is 43.7 Å². The van der Waals surface area contributed by atoms with Crippen molar-refractivity contribution in [3.8, 4) is 0 Å². The van der Waals surface area contributed by atoms with Crippen molar-refractivity contribution in [2.45, 2.75) is 25.3 Å². The third-order valence-corrected chi connectivity index (χ3v) is 6.00. The zero-order valence-corrected chi connectivity index (χ0v) is 15.7. The smallest absolute Gasteiger partial charge is 0.238 e. The minimum absolute atomic E-state index is 0.00620. The molecular weight excluding hydrogens is 387 g/mol. The van der Waals surface area contributed by atoms with Gasteiger partial charge in [0.15, 0.2) is 17.5 Å². The van der Waals surface area contributed by atoms with Gasteiger partial charge in [-0.25, -0.2) is 18.2 Å². The zero-order valence-electron chi connectivity index (χ0n) is 14.9. The molecule has 3 aromatic rings. The van der Waals surface area contributed by atoms with Crippen LogP contribution in [0.25, 0.3) is 10.2 Å². The van der Waals surface area contributed by atoms with Crippen LogP contribution in [0, 0.1) is 17.5 Å². The molecule has 2 aromatic carbocycles. The van der Waals surface area contributed by atoms with Gasteiger partial charge in [-0.3, -0.25) is 9.69 Å². The first kappa shape index (κ1) is 18.9. The maximum absolute atomic E-state index is 13.8. The fraction of sp³-hybridized carbons (Fsp3) is 0.300. The number of nitrogens with one attached hydrogen (secondary N) is 1. The molecule has 146 valence electrons. The van der Waals surface area contributed by atoms with Crippen molar-refractivity contribution in [1.82, 2.24) is 9.88 Å². The number of amides is 1. The summed E-state index contributed by atoms with van der Waals surface area (Å²) in [4.78, 5) is 19.1. The molecule has 1 amide bonds. The Morgan fingerprint density at radius 2 is 1.96 bits per heavy atom. The Bertz CT molecular complexity index is 990. The number of carbonyl (C=O) groups excluding carboxylic acids is 1. The molecule has 2 heterocycles. The number of thiazole rings is 1. The highest BCUT2D eigenvalue weighted by atomic mass is 32.1. The number of piperidine rings is 1. The van der Waals surface area contributed by atoms with Crippen LogP contribution in [-0.4, -0.2) is 28.9 Å². The number of halogens is 3. The lowest BCUT2D eigenvalue weighted by Gasteiger charge is -2.33. The number of rotatable bonds is 4. The molecule has 4 nitrogen and oxygen atoms in total. The maximum atomic E-state index is 13.8. The zero-order chi connectivity index (χ0) is 19.7. The third-order valence-electron chi connectivity index (χ3n) is 4.87. The molecule has 1 fully saturated rings. The second-order valence-corrected chi connectivity index (χ2v) is 7.84. The fourth-order valence-electron chi connectivity index (χ4n) is 3.49. The Morgan fingerprint density at radius 1 is 1.14 bits per heavy atom. The molecule has 1 aromatic heterocycles. The normalized spacial score (nSPS) is 17.8. The molecule has 1 N–H and O–H groups in total. The van der Waals surface area contributed by atoms with Gasteiger partial charge in [0, 0.05) is 0 Å². The second-order valence-electron chi connectivity index (χ2n) is 6.77. The molecule has 1 aliphatic heterocycles. The summed E-state index contributed by atoms with van der Waals surface area (Å²) < 4.78 is 41.3. The number of likely N-dealkylation sites (tertiary alicyclic amines) is 1. The Morgan fingerprint density at radius 3 is 2.79 bits per heavy atom. The lowest BCUT2D eigenvalue weighted by atomic mass is 10.0. The predicted octanol–water partition coefficient (Wildman–Crippen LogP) is 4.88. The number of aromatic nitrogens is 1. The lowest BCUT2D eigenvalue weighted by Crippen LogP contribution is -2.39. The monoisotopic (exact) mass is 405 g/mol. The molecule has 8 heteroatoms. The molecule has 0 unspecified atom stereocenters. The highest BCUT2D eigenvalue weighted by molar-refractivity contribution is 7.18. The Hall–Kier alpha value is -2.45. The van der Waals surface area contributed by atoms with E-state index in [4.69, 9.17) is 4.98 Å². The van der Waals surface area contributed by atoms with Crippen LogP contribution in [0.15, 0.2) is 36.4 Å². The summed E-state index contributed by atoms with van der Waals surface area (Å²) in [6.45, 7) is 0.743. The van der Waals surface area contributed by atoms with Gasteiger partial charge in [-0.2, -0.15) is 0 Å². The van der Waals surface area contributed by atoms with Crippen LogP contribution in [0.1, 0.15) is 30.3 Å². The largest absolute Gasteiger partial charge is 0.322 e. The van der Waals surface area contributed by atoms with Gasteiger partial charge in [0.25, 0.3) is 0 Å². The predicted molar refractivity (Wildman–Crippen MR) is 103 cm³/mol. The molecule has 4 rings (SSSR count). The summed E-state index contributed by atoms with van der Waals surface area (Å²) in [5, 5.41) is 3.30. The van der Waals surface area contributed by atoms with E-state index in [1.54, 1.807) is 11.3 Å². The molecule has 1 saturated heterocycles. The molecule has 1 aliphatic rings. The van der Waals surface area contributed by atoms with Crippen LogP contribution in [0.5, 0.6) is 0 Å². The number of anilines is 1. The van der Waals surface area contributed by atoms with Crippen molar-refractivity contribution in [3.63, 3.8) is 0 Å². The van der Waals surface area contributed by atoms with E-state index < -0.39 is 23.4 Å². The molecule has 28 heavy (non-hydrogen) atoms. The van der Waals surface area contributed by atoms with Gasteiger partial charge in [0.1, 0.15) is 5.01 Å². The quantitative estimate of drug-likeness (QED) is 0.630. The van der Waals surface area contributed by atoms with Crippen LogP contribution in [0.3, 0.4) is 0 Å². The number of hydrogen-bond donors (Lipinski definition) is 1. The number of nitrogens with zero attached hydrogens (tertiary/aromatic N) is 2. The van der Waals surface area contributed by atoms with Gasteiger partial charge in [-0.15, -0.1) is 11.3 Å². The number of hydrogen-bond acceptors (Lipinski definition) is 4. The average Bonchev–Trinajstić information content (AvgIpc) is 3.13. The van der Waals surface area contributed by atoms with E-state index >= 15 is 0 Å². The van der Waals surface area contributed by atoms with E-state index in [1.165, 1.54) is 0 Å². The van der Waals surface area contributed by atoms with Crippen molar-refractivity contribution < 1.29 is 18.0 Å².